The van der Waals surface area contributed by atoms with E-state index in [1.54, 1.807) is 19.1 Å². The van der Waals surface area contributed by atoms with Crippen LogP contribution in [0.25, 0.3) is 0 Å². The zero-order chi connectivity index (χ0) is 22.7. The van der Waals surface area contributed by atoms with Gasteiger partial charge in [0.15, 0.2) is 0 Å². The highest BCUT2D eigenvalue weighted by Crippen LogP contribution is 2.25. The van der Waals surface area contributed by atoms with Crippen LogP contribution in [0.4, 0.5) is 5.69 Å². The number of rotatable bonds is 7. The first kappa shape index (κ1) is 23.9. The number of nitrogens with zero attached hydrogens (tertiary/aromatic N) is 1. The monoisotopic (exact) mass is 430 g/mol. The maximum Gasteiger partial charge on any atom is 0.244 e. The van der Waals surface area contributed by atoms with Gasteiger partial charge in [0.05, 0.1) is 18.0 Å². The third kappa shape index (κ3) is 5.85. The summed E-state index contributed by atoms with van der Waals surface area (Å²) in [5, 5.41) is 2.95. The summed E-state index contributed by atoms with van der Waals surface area (Å²) in [5.41, 5.74) is 3.85. The summed E-state index contributed by atoms with van der Waals surface area (Å²) in [5.74, 6) is -0.340. The zero-order valence-corrected chi connectivity index (χ0v) is 19.9. The van der Waals surface area contributed by atoms with Gasteiger partial charge in [-0.1, -0.05) is 64.1 Å². The Hall–Kier alpha value is -2.34. The second-order valence-corrected chi connectivity index (χ2v) is 10.7. The molecule has 0 saturated heterocycles. The molecule has 1 N–H and O–H groups in total. The van der Waals surface area contributed by atoms with Gasteiger partial charge in [0.25, 0.3) is 0 Å². The summed E-state index contributed by atoms with van der Waals surface area (Å²) in [6, 6.07) is 14.3. The van der Waals surface area contributed by atoms with E-state index in [1.165, 1.54) is 9.87 Å². The van der Waals surface area contributed by atoms with E-state index in [0.29, 0.717) is 5.69 Å². The lowest BCUT2D eigenvalue weighted by Crippen LogP contribution is -2.48. The van der Waals surface area contributed by atoms with Crippen LogP contribution in [0.3, 0.4) is 0 Å². The molecule has 0 heterocycles. The molecular weight excluding hydrogens is 396 g/mol. The van der Waals surface area contributed by atoms with Crippen LogP contribution in [0.2, 0.25) is 0 Å². The first-order valence-corrected chi connectivity index (χ1v) is 12.2. The van der Waals surface area contributed by atoms with Gasteiger partial charge in [-0.15, -0.1) is 0 Å². The lowest BCUT2D eigenvalue weighted by atomic mass is 9.86. The molecule has 0 fully saturated rings. The van der Waals surface area contributed by atoms with Crippen molar-refractivity contribution in [3.8, 4) is 0 Å². The molecule has 0 bridgehead atoms. The van der Waals surface area contributed by atoms with Gasteiger partial charge >= 0.3 is 0 Å². The van der Waals surface area contributed by atoms with Gasteiger partial charge in [0.1, 0.15) is 6.04 Å². The third-order valence-electron chi connectivity index (χ3n) is 5.32. The van der Waals surface area contributed by atoms with E-state index in [-0.39, 0.29) is 17.4 Å². The minimum Gasteiger partial charge on any atom is -0.348 e. The largest absolute Gasteiger partial charge is 0.348 e. The fourth-order valence-electron chi connectivity index (χ4n) is 3.38. The van der Waals surface area contributed by atoms with Crippen molar-refractivity contribution in [2.75, 3.05) is 10.6 Å². The van der Waals surface area contributed by atoms with Crippen LogP contribution in [0.1, 0.15) is 64.3 Å². The van der Waals surface area contributed by atoms with Crippen molar-refractivity contribution in [3.05, 3.63) is 65.2 Å². The number of nitrogens with one attached hydrogen (secondary N) is 1. The van der Waals surface area contributed by atoms with E-state index >= 15 is 0 Å². The molecule has 0 aliphatic carbocycles. The van der Waals surface area contributed by atoms with Gasteiger partial charge in [-0.05, 0) is 54.5 Å². The van der Waals surface area contributed by atoms with Crippen LogP contribution in [-0.4, -0.2) is 26.6 Å². The van der Waals surface area contributed by atoms with E-state index in [4.69, 9.17) is 0 Å². The number of hydrogen-bond acceptors (Lipinski definition) is 3. The highest BCUT2D eigenvalue weighted by atomic mass is 32.2. The lowest BCUT2D eigenvalue weighted by Gasteiger charge is -2.29. The molecular formula is C24H34N2O3S. The lowest BCUT2D eigenvalue weighted by molar-refractivity contribution is -0.122. The molecule has 6 heteroatoms. The molecule has 0 spiro atoms. The molecule has 0 saturated carbocycles. The molecule has 5 nitrogen and oxygen atoms in total. The van der Waals surface area contributed by atoms with Crippen molar-refractivity contribution in [2.45, 2.75) is 65.5 Å². The predicted molar refractivity (Wildman–Crippen MR) is 124 cm³/mol. The molecule has 0 aliphatic rings. The Kier molecular flexibility index (Phi) is 7.35. The first-order chi connectivity index (χ1) is 13.8. The maximum absolute atomic E-state index is 12.9. The fourth-order valence-corrected chi connectivity index (χ4v) is 4.55. The Balaban J connectivity index is 2.20. The van der Waals surface area contributed by atoms with E-state index in [0.717, 1.165) is 23.8 Å². The molecule has 0 unspecified atom stereocenters. The van der Waals surface area contributed by atoms with Crippen LogP contribution < -0.4 is 9.62 Å². The normalized spacial score (nSPS) is 14.1. The molecule has 2 aromatic rings. The average molecular weight is 431 g/mol. The highest BCUT2D eigenvalue weighted by Gasteiger charge is 2.30. The Bertz CT molecular complexity index is 959. The molecule has 0 radical (unpaired) electrons. The van der Waals surface area contributed by atoms with Crippen molar-refractivity contribution in [2.24, 2.45) is 0 Å². The number of carbonyl (C=O) groups is 1. The number of anilines is 1. The van der Waals surface area contributed by atoms with Crippen molar-refractivity contribution >= 4 is 21.6 Å². The summed E-state index contributed by atoms with van der Waals surface area (Å²) in [6.45, 7) is 12.0. The van der Waals surface area contributed by atoms with Gasteiger partial charge in [-0.3, -0.25) is 9.10 Å². The van der Waals surface area contributed by atoms with E-state index < -0.39 is 16.1 Å². The first-order valence-electron chi connectivity index (χ1n) is 10.3. The average Bonchev–Trinajstić information content (AvgIpc) is 2.66. The van der Waals surface area contributed by atoms with Crippen LogP contribution in [0.5, 0.6) is 0 Å². The molecule has 2 atom stereocenters. The summed E-state index contributed by atoms with van der Waals surface area (Å²) in [4.78, 5) is 12.9. The number of carbonyl (C=O) groups excluding carboxylic acids is 1. The van der Waals surface area contributed by atoms with Gasteiger partial charge in [-0.2, -0.15) is 0 Å². The standard InChI is InChI=1S/C24H34N2O3S/c1-8-19-9-15-22(16-10-19)26(30(7,28)29)18(3)23(27)25-17(2)20-11-13-21(14-12-20)24(4,5)6/h9-18H,8H2,1-7H3,(H,25,27)/t17-,18-/m0/s1. The van der Waals surface area contributed by atoms with Crippen molar-refractivity contribution < 1.29 is 13.2 Å². The summed E-state index contributed by atoms with van der Waals surface area (Å²) < 4.78 is 26.1. The fraction of sp³-hybridized carbons (Fsp3) is 0.458. The van der Waals surface area contributed by atoms with Crippen LogP contribution in [0.15, 0.2) is 48.5 Å². The second kappa shape index (κ2) is 9.21. The van der Waals surface area contributed by atoms with Gasteiger partial charge in [-0.25, -0.2) is 8.42 Å². The minimum atomic E-state index is -3.63. The second-order valence-electron chi connectivity index (χ2n) is 8.86. The Morgan fingerprint density at radius 2 is 1.53 bits per heavy atom. The molecule has 0 aliphatic heterocycles. The summed E-state index contributed by atoms with van der Waals surface area (Å²) >= 11 is 0. The summed E-state index contributed by atoms with van der Waals surface area (Å²) in [7, 11) is -3.63. The summed E-state index contributed by atoms with van der Waals surface area (Å²) in [6.07, 6.45) is 1.99. The Morgan fingerprint density at radius 1 is 1.00 bits per heavy atom. The number of sulfonamides is 1. The van der Waals surface area contributed by atoms with Gasteiger partial charge < -0.3 is 5.32 Å². The number of amides is 1. The Morgan fingerprint density at radius 3 is 1.97 bits per heavy atom. The van der Waals surface area contributed by atoms with Crippen molar-refractivity contribution in [3.63, 3.8) is 0 Å². The highest BCUT2D eigenvalue weighted by molar-refractivity contribution is 7.92. The molecule has 30 heavy (non-hydrogen) atoms. The van der Waals surface area contributed by atoms with Gasteiger partial charge in [0, 0.05) is 0 Å². The number of hydrogen-bond donors (Lipinski definition) is 1. The molecule has 2 aromatic carbocycles. The van der Waals surface area contributed by atoms with Crippen molar-refractivity contribution in [1.29, 1.82) is 0 Å². The van der Waals surface area contributed by atoms with Crippen LogP contribution >= 0.6 is 0 Å². The smallest absolute Gasteiger partial charge is 0.244 e. The molecule has 1 amide bonds. The van der Waals surface area contributed by atoms with Crippen LogP contribution in [-0.2, 0) is 26.7 Å². The molecule has 2 rings (SSSR count). The predicted octanol–water partition coefficient (Wildman–Crippen LogP) is 4.58. The quantitative estimate of drug-likeness (QED) is 0.699. The number of aryl methyl sites for hydroxylation is 1. The topological polar surface area (TPSA) is 66.5 Å². The maximum atomic E-state index is 12.9. The van der Waals surface area contributed by atoms with E-state index in [9.17, 15) is 13.2 Å². The minimum absolute atomic E-state index is 0.0584. The number of benzene rings is 2. The Labute approximate surface area is 181 Å². The molecule has 0 aromatic heterocycles. The third-order valence-corrected chi connectivity index (χ3v) is 6.56. The molecule has 164 valence electrons. The van der Waals surface area contributed by atoms with Crippen LogP contribution in [0, 0.1) is 0 Å². The van der Waals surface area contributed by atoms with Gasteiger partial charge in [0.2, 0.25) is 15.9 Å². The van der Waals surface area contributed by atoms with Crippen molar-refractivity contribution in [1.82, 2.24) is 5.32 Å². The zero-order valence-electron chi connectivity index (χ0n) is 19.1. The van der Waals surface area contributed by atoms with E-state index in [1.807, 2.05) is 38.1 Å². The van der Waals surface area contributed by atoms with E-state index in [2.05, 4.69) is 38.2 Å². The SMILES string of the molecule is CCc1ccc(N([C@@H](C)C(=O)N[C@@H](C)c2ccc(C(C)(C)C)cc2)S(C)(=O)=O)cc1.